The van der Waals surface area contributed by atoms with E-state index < -0.39 is 0 Å². The fourth-order valence-corrected chi connectivity index (χ4v) is 1.96. The van der Waals surface area contributed by atoms with Gasteiger partial charge in [-0.1, -0.05) is 20.8 Å². The fourth-order valence-electron chi connectivity index (χ4n) is 1.14. The van der Waals surface area contributed by atoms with Crippen LogP contribution in [-0.2, 0) is 5.41 Å². The summed E-state index contributed by atoms with van der Waals surface area (Å²) in [6, 6.07) is 3.51. The van der Waals surface area contributed by atoms with Crippen LogP contribution in [0.1, 0.15) is 26.3 Å². The van der Waals surface area contributed by atoms with Crippen LogP contribution in [0.5, 0.6) is 0 Å². The van der Waals surface area contributed by atoms with Gasteiger partial charge in [0.15, 0.2) is 0 Å². The van der Waals surface area contributed by atoms with Crippen molar-refractivity contribution in [3.05, 3.63) is 36.8 Å². The van der Waals surface area contributed by atoms with Crippen molar-refractivity contribution in [2.75, 3.05) is 0 Å². The van der Waals surface area contributed by atoms with Gasteiger partial charge in [-0.15, -0.1) is 0 Å². The largest absolute Gasteiger partial charge is 0.284 e. The lowest BCUT2D eigenvalue weighted by Crippen LogP contribution is -2.11. The van der Waals surface area contributed by atoms with Gasteiger partial charge < -0.3 is 0 Å². The van der Waals surface area contributed by atoms with Crippen LogP contribution in [0.2, 0.25) is 0 Å². The van der Waals surface area contributed by atoms with Crippen LogP contribution in [-0.4, -0.2) is 4.92 Å². The van der Waals surface area contributed by atoms with Gasteiger partial charge in [-0.25, -0.2) is 0 Å². The second kappa shape index (κ2) is 4.22. The second-order valence-electron chi connectivity index (χ2n) is 4.30. The van der Waals surface area contributed by atoms with Crippen molar-refractivity contribution >= 4 is 37.5 Å². The molecular formula is C10H11Br2NO2. The van der Waals surface area contributed by atoms with Crippen molar-refractivity contribution in [2.45, 2.75) is 26.2 Å². The number of hydrogen-bond donors (Lipinski definition) is 0. The molecule has 0 spiro atoms. The van der Waals surface area contributed by atoms with Crippen LogP contribution in [0.4, 0.5) is 5.69 Å². The molecule has 0 atom stereocenters. The molecule has 0 heterocycles. The summed E-state index contributed by atoms with van der Waals surface area (Å²) >= 11 is 6.50. The molecule has 3 nitrogen and oxygen atoms in total. The maximum Gasteiger partial charge on any atom is 0.284 e. The Labute approximate surface area is 105 Å². The van der Waals surface area contributed by atoms with E-state index in [0.29, 0.717) is 8.95 Å². The zero-order chi connectivity index (χ0) is 11.8. The molecule has 1 aromatic rings. The Balaban J connectivity index is 3.43. The summed E-state index contributed by atoms with van der Waals surface area (Å²) in [4.78, 5) is 10.4. The van der Waals surface area contributed by atoms with Crippen molar-refractivity contribution in [2.24, 2.45) is 0 Å². The number of nitro groups is 1. The highest BCUT2D eigenvalue weighted by Gasteiger charge is 2.22. The summed E-state index contributed by atoms with van der Waals surface area (Å²) in [5, 5.41) is 10.8. The average Bonchev–Trinajstić information content (AvgIpc) is 2.06. The van der Waals surface area contributed by atoms with E-state index in [0.717, 1.165) is 5.56 Å². The van der Waals surface area contributed by atoms with E-state index in [1.165, 1.54) is 0 Å². The first-order valence-electron chi connectivity index (χ1n) is 4.37. The first kappa shape index (κ1) is 12.6. The average molecular weight is 337 g/mol. The SMILES string of the molecule is CC(C)(C)c1cc(Br)c(Br)c([N+](=O)[O-])c1. The van der Waals surface area contributed by atoms with Gasteiger partial charge in [-0.3, -0.25) is 10.1 Å². The maximum atomic E-state index is 10.8. The normalized spacial score (nSPS) is 11.5. The molecule has 1 aromatic carbocycles. The monoisotopic (exact) mass is 335 g/mol. The molecule has 0 saturated carbocycles. The van der Waals surface area contributed by atoms with Gasteiger partial charge in [0.2, 0.25) is 0 Å². The van der Waals surface area contributed by atoms with Crippen molar-refractivity contribution in [1.82, 2.24) is 0 Å². The van der Waals surface area contributed by atoms with Gasteiger partial charge in [-0.2, -0.15) is 0 Å². The Morgan fingerprint density at radius 2 is 1.80 bits per heavy atom. The quantitative estimate of drug-likeness (QED) is 0.563. The number of nitro benzene ring substituents is 1. The fraction of sp³-hybridized carbons (Fsp3) is 0.400. The van der Waals surface area contributed by atoms with Crippen molar-refractivity contribution < 1.29 is 4.92 Å². The van der Waals surface area contributed by atoms with E-state index >= 15 is 0 Å². The third kappa shape index (κ3) is 2.78. The van der Waals surface area contributed by atoms with Gasteiger partial charge in [0.1, 0.15) is 4.47 Å². The summed E-state index contributed by atoms with van der Waals surface area (Å²) in [7, 11) is 0. The van der Waals surface area contributed by atoms with Crippen LogP contribution in [0.15, 0.2) is 21.1 Å². The Kier molecular flexibility index (Phi) is 3.55. The predicted molar refractivity (Wildman–Crippen MR) is 67.2 cm³/mol. The number of hydrogen-bond acceptors (Lipinski definition) is 2. The molecular weight excluding hydrogens is 326 g/mol. The molecule has 0 amide bonds. The second-order valence-corrected chi connectivity index (χ2v) is 5.95. The molecule has 0 fully saturated rings. The highest BCUT2D eigenvalue weighted by atomic mass is 79.9. The number of rotatable bonds is 1. The van der Waals surface area contributed by atoms with Crippen molar-refractivity contribution in [3.63, 3.8) is 0 Å². The van der Waals surface area contributed by atoms with E-state index in [1.807, 2.05) is 26.8 Å². The maximum absolute atomic E-state index is 10.8. The summed E-state index contributed by atoms with van der Waals surface area (Å²) in [5.41, 5.74) is 0.923. The topological polar surface area (TPSA) is 43.1 Å². The summed E-state index contributed by atoms with van der Waals surface area (Å²) in [6.45, 7) is 6.06. The third-order valence-electron chi connectivity index (χ3n) is 2.07. The number of benzene rings is 1. The molecule has 0 bridgehead atoms. The van der Waals surface area contributed by atoms with Gasteiger partial charge in [0, 0.05) is 10.5 Å². The van der Waals surface area contributed by atoms with Crippen molar-refractivity contribution in [3.8, 4) is 0 Å². The summed E-state index contributed by atoms with van der Waals surface area (Å²) in [6.07, 6.45) is 0. The Bertz CT molecular complexity index is 411. The lowest BCUT2D eigenvalue weighted by Gasteiger charge is -2.19. The number of nitrogens with zero attached hydrogens (tertiary/aromatic N) is 1. The molecule has 15 heavy (non-hydrogen) atoms. The Hall–Kier alpha value is -0.420. The molecule has 5 heteroatoms. The molecule has 0 saturated heterocycles. The van der Waals surface area contributed by atoms with Crippen LogP contribution in [0.3, 0.4) is 0 Å². The molecule has 0 radical (unpaired) electrons. The zero-order valence-electron chi connectivity index (χ0n) is 8.67. The molecule has 1 rings (SSSR count). The predicted octanol–water partition coefficient (Wildman–Crippen LogP) is 4.42. The van der Waals surface area contributed by atoms with Crippen LogP contribution >= 0.6 is 31.9 Å². The first-order valence-corrected chi connectivity index (χ1v) is 5.96. The standard InChI is InChI=1S/C10H11Br2NO2/c1-10(2,3)6-4-7(11)9(12)8(5-6)13(14)15/h4-5H,1-3H3. The van der Waals surface area contributed by atoms with Gasteiger partial charge in [-0.05, 0) is 48.9 Å². The van der Waals surface area contributed by atoms with E-state index in [4.69, 9.17) is 0 Å². The van der Waals surface area contributed by atoms with Crippen LogP contribution in [0, 0.1) is 10.1 Å². The van der Waals surface area contributed by atoms with Gasteiger partial charge in [0.25, 0.3) is 5.69 Å². The highest BCUT2D eigenvalue weighted by Crippen LogP contribution is 2.37. The summed E-state index contributed by atoms with van der Waals surface area (Å²) in [5.74, 6) is 0. The van der Waals surface area contributed by atoms with Gasteiger partial charge >= 0.3 is 0 Å². The number of halogens is 2. The Morgan fingerprint density at radius 1 is 1.27 bits per heavy atom. The molecule has 0 aliphatic heterocycles. The molecule has 0 aliphatic carbocycles. The zero-order valence-corrected chi connectivity index (χ0v) is 11.8. The van der Waals surface area contributed by atoms with Gasteiger partial charge in [0.05, 0.1) is 4.92 Å². The van der Waals surface area contributed by atoms with Crippen molar-refractivity contribution in [1.29, 1.82) is 0 Å². The third-order valence-corrected chi connectivity index (χ3v) is 4.06. The van der Waals surface area contributed by atoms with E-state index in [9.17, 15) is 10.1 Å². The smallest absolute Gasteiger partial charge is 0.258 e. The molecule has 0 N–H and O–H groups in total. The minimum Gasteiger partial charge on any atom is -0.258 e. The van der Waals surface area contributed by atoms with Crippen LogP contribution < -0.4 is 0 Å². The molecule has 0 unspecified atom stereocenters. The molecule has 0 aromatic heterocycles. The highest BCUT2D eigenvalue weighted by molar-refractivity contribution is 9.13. The van der Waals surface area contributed by atoms with E-state index in [2.05, 4.69) is 31.9 Å². The lowest BCUT2D eigenvalue weighted by molar-refractivity contribution is -0.385. The van der Waals surface area contributed by atoms with E-state index in [-0.39, 0.29) is 16.0 Å². The lowest BCUT2D eigenvalue weighted by atomic mass is 9.87. The minimum atomic E-state index is -0.385. The molecule has 0 aliphatic rings. The van der Waals surface area contributed by atoms with Crippen LogP contribution in [0.25, 0.3) is 0 Å². The summed E-state index contributed by atoms with van der Waals surface area (Å²) < 4.78 is 1.20. The minimum absolute atomic E-state index is 0.0919. The van der Waals surface area contributed by atoms with E-state index in [1.54, 1.807) is 6.07 Å². The first-order chi connectivity index (χ1) is 6.73. The Morgan fingerprint density at radius 3 is 2.20 bits per heavy atom. The molecule has 82 valence electrons.